The SMILES string of the molecule is CC(C)(C)C1(C(C)(C)C)CC=C(c2ccccc2)C(C(C)(C)C)(C(C)(C)C)C1(O)O. The Kier molecular flexibility index (Phi) is 5.82. The van der Waals surface area contributed by atoms with Crippen molar-refractivity contribution in [3.05, 3.63) is 42.0 Å². The van der Waals surface area contributed by atoms with E-state index in [-0.39, 0.29) is 10.8 Å². The van der Waals surface area contributed by atoms with Crippen LogP contribution in [0.5, 0.6) is 0 Å². The second-order valence-electron chi connectivity index (χ2n) is 13.5. The first-order valence-electron chi connectivity index (χ1n) is 11.4. The minimum atomic E-state index is -1.95. The van der Waals surface area contributed by atoms with Gasteiger partial charge in [-0.25, -0.2) is 0 Å². The smallest absolute Gasteiger partial charge is 0.180 e. The second-order valence-corrected chi connectivity index (χ2v) is 13.5. The summed E-state index contributed by atoms with van der Waals surface area (Å²) in [5.74, 6) is -1.95. The molecule has 2 heteroatoms. The van der Waals surface area contributed by atoms with Gasteiger partial charge in [0.05, 0.1) is 5.41 Å². The molecule has 0 saturated heterocycles. The molecule has 0 radical (unpaired) electrons. The zero-order valence-electron chi connectivity index (χ0n) is 21.6. The first-order valence-corrected chi connectivity index (χ1v) is 11.4. The van der Waals surface area contributed by atoms with Crippen molar-refractivity contribution >= 4 is 5.57 Å². The molecule has 1 aliphatic carbocycles. The van der Waals surface area contributed by atoms with Gasteiger partial charge in [0.1, 0.15) is 0 Å². The van der Waals surface area contributed by atoms with Crippen molar-refractivity contribution in [2.75, 3.05) is 0 Å². The standard InChI is InChI=1S/C28H46O2/c1-22(2,3)26(23(4,5)6)19-18-21(20-16-14-13-15-17-20)27(24(7,8)9,25(10,11)12)28(26,29)30/h13-18,29-30H,19H2,1-12H3. The van der Waals surface area contributed by atoms with Gasteiger partial charge in [-0.2, -0.15) is 0 Å². The van der Waals surface area contributed by atoms with Crippen LogP contribution in [0, 0.1) is 32.5 Å². The number of rotatable bonds is 1. The minimum absolute atomic E-state index is 0.338. The molecule has 0 heterocycles. The van der Waals surface area contributed by atoms with Crippen LogP contribution in [-0.4, -0.2) is 16.0 Å². The molecular weight excluding hydrogens is 368 g/mol. The fourth-order valence-corrected chi connectivity index (χ4v) is 7.77. The Bertz CT molecular complexity index is 756. The lowest BCUT2D eigenvalue weighted by Crippen LogP contribution is -2.75. The zero-order valence-corrected chi connectivity index (χ0v) is 21.6. The van der Waals surface area contributed by atoms with Gasteiger partial charge in [0, 0.05) is 5.41 Å². The molecule has 1 aliphatic rings. The van der Waals surface area contributed by atoms with E-state index in [9.17, 15) is 10.2 Å². The number of aliphatic hydroxyl groups is 2. The highest BCUT2D eigenvalue weighted by molar-refractivity contribution is 5.75. The first-order chi connectivity index (χ1) is 13.2. The minimum Gasteiger partial charge on any atom is -0.364 e. The van der Waals surface area contributed by atoms with E-state index in [1.807, 2.05) is 18.2 Å². The lowest BCUT2D eigenvalue weighted by molar-refractivity contribution is -0.383. The summed E-state index contributed by atoms with van der Waals surface area (Å²) in [6, 6.07) is 10.3. The highest BCUT2D eigenvalue weighted by Crippen LogP contribution is 2.75. The van der Waals surface area contributed by atoms with Crippen molar-refractivity contribution < 1.29 is 10.2 Å². The van der Waals surface area contributed by atoms with Crippen LogP contribution >= 0.6 is 0 Å². The number of hydrogen-bond donors (Lipinski definition) is 2. The van der Waals surface area contributed by atoms with E-state index in [0.29, 0.717) is 6.42 Å². The molecule has 30 heavy (non-hydrogen) atoms. The van der Waals surface area contributed by atoms with Gasteiger partial charge < -0.3 is 10.2 Å². The normalized spacial score (nSPS) is 21.9. The predicted octanol–water partition coefficient (Wildman–Crippen LogP) is 7.31. The van der Waals surface area contributed by atoms with Crippen LogP contribution in [0.3, 0.4) is 0 Å². The summed E-state index contributed by atoms with van der Waals surface area (Å²) >= 11 is 0. The van der Waals surface area contributed by atoms with Crippen molar-refractivity contribution in [1.82, 2.24) is 0 Å². The molecule has 2 N–H and O–H groups in total. The van der Waals surface area contributed by atoms with Crippen LogP contribution in [0.4, 0.5) is 0 Å². The van der Waals surface area contributed by atoms with Crippen LogP contribution in [0.25, 0.3) is 5.57 Å². The van der Waals surface area contributed by atoms with Crippen molar-refractivity contribution in [2.45, 2.75) is 95.3 Å². The van der Waals surface area contributed by atoms with Gasteiger partial charge >= 0.3 is 0 Å². The third kappa shape index (κ3) is 3.05. The Morgan fingerprint density at radius 2 is 1.03 bits per heavy atom. The summed E-state index contributed by atoms with van der Waals surface area (Å²) in [5, 5.41) is 25.4. The molecule has 170 valence electrons. The molecule has 0 aliphatic heterocycles. The van der Waals surface area contributed by atoms with Gasteiger partial charge in [0.25, 0.3) is 0 Å². The first kappa shape index (κ1) is 25.1. The van der Waals surface area contributed by atoms with E-state index in [4.69, 9.17) is 0 Å². The molecule has 0 aromatic heterocycles. The fourth-order valence-electron chi connectivity index (χ4n) is 7.77. The molecule has 0 saturated carbocycles. The summed E-state index contributed by atoms with van der Waals surface area (Å²) in [5.41, 5.74) is -1.05. The van der Waals surface area contributed by atoms with Gasteiger partial charge in [-0.15, -0.1) is 0 Å². The number of benzene rings is 1. The molecule has 0 unspecified atom stereocenters. The molecule has 1 aromatic carbocycles. The number of allylic oxidation sites excluding steroid dienone is 1. The second kappa shape index (κ2) is 6.94. The summed E-state index contributed by atoms with van der Waals surface area (Å²) in [6.07, 6.45) is 2.94. The molecule has 0 amide bonds. The van der Waals surface area contributed by atoms with Crippen LogP contribution in [0.15, 0.2) is 36.4 Å². The summed E-state index contributed by atoms with van der Waals surface area (Å²) in [6.45, 7) is 26.0. The maximum Gasteiger partial charge on any atom is 0.180 e. The Balaban J connectivity index is 3.16. The monoisotopic (exact) mass is 414 g/mol. The average Bonchev–Trinajstić information content (AvgIpc) is 2.49. The van der Waals surface area contributed by atoms with Crippen molar-refractivity contribution in [3.63, 3.8) is 0 Å². The lowest BCUT2D eigenvalue weighted by atomic mass is 9.34. The van der Waals surface area contributed by atoms with Crippen molar-refractivity contribution in [2.24, 2.45) is 32.5 Å². The van der Waals surface area contributed by atoms with Gasteiger partial charge in [-0.05, 0) is 39.2 Å². The van der Waals surface area contributed by atoms with Gasteiger partial charge in [-0.3, -0.25) is 0 Å². The predicted molar refractivity (Wildman–Crippen MR) is 129 cm³/mol. The van der Waals surface area contributed by atoms with E-state index < -0.39 is 27.4 Å². The Hall–Kier alpha value is -1.12. The molecule has 0 atom stereocenters. The third-order valence-electron chi connectivity index (χ3n) is 8.03. The van der Waals surface area contributed by atoms with Crippen molar-refractivity contribution in [1.29, 1.82) is 0 Å². The highest BCUT2D eigenvalue weighted by Gasteiger charge is 2.76. The Morgan fingerprint density at radius 1 is 0.633 bits per heavy atom. The van der Waals surface area contributed by atoms with Crippen molar-refractivity contribution in [3.8, 4) is 0 Å². The van der Waals surface area contributed by atoms with E-state index in [0.717, 1.165) is 11.1 Å². The quantitative estimate of drug-likeness (QED) is 0.473. The summed E-state index contributed by atoms with van der Waals surface area (Å²) < 4.78 is 0. The maximum absolute atomic E-state index is 12.7. The Morgan fingerprint density at radius 3 is 1.37 bits per heavy atom. The lowest BCUT2D eigenvalue weighted by Gasteiger charge is -2.72. The van der Waals surface area contributed by atoms with Gasteiger partial charge in [0.2, 0.25) is 0 Å². The largest absolute Gasteiger partial charge is 0.364 e. The van der Waals surface area contributed by atoms with Crippen LogP contribution < -0.4 is 0 Å². The average molecular weight is 415 g/mol. The molecule has 0 spiro atoms. The fraction of sp³-hybridized carbons (Fsp3) is 0.714. The van der Waals surface area contributed by atoms with E-state index in [1.165, 1.54) is 0 Å². The summed E-state index contributed by atoms with van der Waals surface area (Å²) in [4.78, 5) is 0. The topological polar surface area (TPSA) is 40.5 Å². The highest BCUT2D eigenvalue weighted by atomic mass is 16.5. The van der Waals surface area contributed by atoms with Crippen LogP contribution in [0.1, 0.15) is 95.1 Å². The van der Waals surface area contributed by atoms with Gasteiger partial charge in [0.15, 0.2) is 5.79 Å². The van der Waals surface area contributed by atoms with Gasteiger partial charge in [-0.1, -0.05) is 119 Å². The summed E-state index contributed by atoms with van der Waals surface area (Å²) in [7, 11) is 0. The number of hydrogen-bond acceptors (Lipinski definition) is 2. The maximum atomic E-state index is 12.7. The third-order valence-corrected chi connectivity index (χ3v) is 8.03. The molecular formula is C28H46O2. The van der Waals surface area contributed by atoms with E-state index in [2.05, 4.69) is 101 Å². The molecule has 0 fully saturated rings. The van der Waals surface area contributed by atoms with Crippen LogP contribution in [0.2, 0.25) is 0 Å². The van der Waals surface area contributed by atoms with E-state index >= 15 is 0 Å². The molecule has 0 bridgehead atoms. The Labute approximate surface area is 185 Å². The zero-order chi connectivity index (χ0) is 23.6. The molecule has 2 rings (SSSR count). The van der Waals surface area contributed by atoms with Crippen LogP contribution in [-0.2, 0) is 0 Å². The molecule has 2 nitrogen and oxygen atoms in total. The molecule has 1 aromatic rings. The van der Waals surface area contributed by atoms with E-state index in [1.54, 1.807) is 0 Å².